The Bertz CT molecular complexity index is 1510. The van der Waals surface area contributed by atoms with Gasteiger partial charge in [-0.1, -0.05) is 31.2 Å². The predicted octanol–water partition coefficient (Wildman–Crippen LogP) is 4.25. The summed E-state index contributed by atoms with van der Waals surface area (Å²) in [6.07, 6.45) is 0.641. The second-order valence-electron chi connectivity index (χ2n) is 9.80. The number of rotatable bonds is 7. The summed E-state index contributed by atoms with van der Waals surface area (Å²) in [6, 6.07) is 15.7. The Morgan fingerprint density at radius 3 is 2.53 bits per heavy atom. The van der Waals surface area contributed by atoms with Crippen molar-refractivity contribution in [2.75, 3.05) is 18.0 Å². The van der Waals surface area contributed by atoms with Gasteiger partial charge in [-0.05, 0) is 60.4 Å². The number of halogens is 2. The molecule has 5 N–H and O–H groups in total. The number of fused-ring (bicyclic) bond motifs is 1. The van der Waals surface area contributed by atoms with Gasteiger partial charge in [0.15, 0.2) is 11.5 Å². The van der Waals surface area contributed by atoms with Gasteiger partial charge in [-0.3, -0.25) is 0 Å². The molecule has 0 bridgehead atoms. The molecule has 0 atom stereocenters. The predicted molar refractivity (Wildman–Crippen MR) is 147 cm³/mol. The van der Waals surface area contributed by atoms with Gasteiger partial charge in [0.2, 0.25) is 0 Å². The number of nitrogens with one attached hydrogen (secondary N) is 1. The van der Waals surface area contributed by atoms with Gasteiger partial charge in [0.05, 0.1) is 13.1 Å². The standard InChI is InChI=1S/C28H32F2N8/c1-4-24-34-25-17(2)13-18(3)33-27(25)38(24)15-19-5-7-20(8-6-19)23-14-21(37-12-11-28(29,30)16-37)9-10-22(23)26(31)35-36-32/h5-10,13-14,36H,4,11-12,15-16,32H2,1-3H3,(H2,31,35). The molecule has 4 aromatic rings. The summed E-state index contributed by atoms with van der Waals surface area (Å²) in [4.78, 5) is 11.3. The van der Waals surface area contributed by atoms with Gasteiger partial charge in [-0.15, -0.1) is 5.10 Å². The first-order valence-corrected chi connectivity index (χ1v) is 12.7. The molecule has 10 heteroatoms. The molecule has 2 aromatic heterocycles. The number of nitrogens with zero attached hydrogens (tertiary/aromatic N) is 5. The fourth-order valence-corrected chi connectivity index (χ4v) is 5.13. The van der Waals surface area contributed by atoms with Crippen molar-refractivity contribution >= 4 is 22.7 Å². The van der Waals surface area contributed by atoms with Gasteiger partial charge in [0.25, 0.3) is 5.92 Å². The number of imidazole rings is 1. The van der Waals surface area contributed by atoms with Crippen LogP contribution in [0.5, 0.6) is 0 Å². The normalized spacial score (nSPS) is 15.4. The average molecular weight is 519 g/mol. The fraction of sp³-hybridized carbons (Fsp3) is 0.321. The second kappa shape index (κ2) is 10.0. The maximum absolute atomic E-state index is 13.9. The molecule has 1 saturated heterocycles. The lowest BCUT2D eigenvalue weighted by atomic mass is 9.97. The zero-order chi connectivity index (χ0) is 27.0. The second-order valence-corrected chi connectivity index (χ2v) is 9.80. The topological polar surface area (TPSA) is 110 Å². The molecule has 1 fully saturated rings. The van der Waals surface area contributed by atoms with Gasteiger partial charge in [0.1, 0.15) is 11.3 Å². The number of hydrazine groups is 1. The number of hydrogen-bond donors (Lipinski definition) is 3. The van der Waals surface area contributed by atoms with Gasteiger partial charge in [-0.2, -0.15) is 0 Å². The molecule has 0 unspecified atom stereocenters. The van der Waals surface area contributed by atoms with Crippen LogP contribution in [-0.2, 0) is 13.0 Å². The van der Waals surface area contributed by atoms with Crippen LogP contribution in [0.3, 0.4) is 0 Å². The van der Waals surface area contributed by atoms with Crippen molar-refractivity contribution < 1.29 is 8.78 Å². The number of hydrogen-bond acceptors (Lipinski definition) is 6. The van der Waals surface area contributed by atoms with Crippen LogP contribution >= 0.6 is 0 Å². The van der Waals surface area contributed by atoms with E-state index in [1.165, 1.54) is 0 Å². The molecule has 1 aliphatic heterocycles. The van der Waals surface area contributed by atoms with Crippen LogP contribution in [0, 0.1) is 13.8 Å². The fourth-order valence-electron chi connectivity index (χ4n) is 5.13. The van der Waals surface area contributed by atoms with Gasteiger partial charge < -0.3 is 15.2 Å². The van der Waals surface area contributed by atoms with E-state index in [1.807, 2.05) is 25.1 Å². The van der Waals surface area contributed by atoms with Crippen molar-refractivity contribution in [3.8, 4) is 11.1 Å². The van der Waals surface area contributed by atoms with E-state index in [4.69, 9.17) is 21.5 Å². The van der Waals surface area contributed by atoms with Crippen molar-refractivity contribution in [1.82, 2.24) is 20.1 Å². The molecule has 8 nitrogen and oxygen atoms in total. The summed E-state index contributed by atoms with van der Waals surface area (Å²) in [5, 5.41) is 3.93. The number of aromatic nitrogens is 3. The Morgan fingerprint density at radius 1 is 1.11 bits per heavy atom. The first kappa shape index (κ1) is 25.6. The largest absolute Gasteiger partial charge is 0.382 e. The van der Waals surface area contributed by atoms with Gasteiger partial charge in [0, 0.05) is 36.3 Å². The van der Waals surface area contributed by atoms with E-state index in [0.717, 1.165) is 51.4 Å². The molecular weight excluding hydrogens is 486 g/mol. The molecule has 0 amide bonds. The zero-order valence-corrected chi connectivity index (χ0v) is 21.8. The molecule has 198 valence electrons. The van der Waals surface area contributed by atoms with E-state index >= 15 is 0 Å². The van der Waals surface area contributed by atoms with Gasteiger partial charge in [-0.25, -0.2) is 30.1 Å². The first-order chi connectivity index (χ1) is 18.2. The summed E-state index contributed by atoms with van der Waals surface area (Å²) < 4.78 is 30.0. The Morgan fingerprint density at radius 2 is 1.87 bits per heavy atom. The number of alkyl halides is 2. The average Bonchev–Trinajstić information content (AvgIpc) is 3.44. The molecule has 1 aliphatic rings. The van der Waals surface area contributed by atoms with Crippen LogP contribution in [0.15, 0.2) is 53.6 Å². The minimum atomic E-state index is -2.69. The molecule has 5 rings (SSSR count). The summed E-state index contributed by atoms with van der Waals surface area (Å²) >= 11 is 0. The maximum atomic E-state index is 13.9. The highest BCUT2D eigenvalue weighted by atomic mass is 19.3. The number of amidine groups is 1. The van der Waals surface area contributed by atoms with Crippen LogP contribution < -0.4 is 22.0 Å². The monoisotopic (exact) mass is 518 g/mol. The Labute approximate surface area is 220 Å². The molecule has 0 aliphatic carbocycles. The van der Waals surface area contributed by atoms with Crippen LogP contribution in [0.4, 0.5) is 14.5 Å². The summed E-state index contributed by atoms with van der Waals surface area (Å²) in [7, 11) is 0. The highest BCUT2D eigenvalue weighted by Crippen LogP contribution is 2.34. The minimum absolute atomic E-state index is 0.157. The molecule has 3 heterocycles. The molecule has 0 radical (unpaired) electrons. The van der Waals surface area contributed by atoms with E-state index in [9.17, 15) is 8.78 Å². The quantitative estimate of drug-likeness (QED) is 0.146. The summed E-state index contributed by atoms with van der Waals surface area (Å²) in [5.74, 6) is 3.86. The number of nitrogens with two attached hydrogens (primary N) is 2. The summed E-state index contributed by atoms with van der Waals surface area (Å²) in [5.41, 5.74) is 16.5. The van der Waals surface area contributed by atoms with E-state index in [0.29, 0.717) is 24.3 Å². The van der Waals surface area contributed by atoms with Crippen LogP contribution in [-0.4, -0.2) is 39.4 Å². The number of anilines is 1. The van der Waals surface area contributed by atoms with Crippen molar-refractivity contribution in [2.45, 2.75) is 46.1 Å². The lowest BCUT2D eigenvalue weighted by Gasteiger charge is -2.21. The van der Waals surface area contributed by atoms with E-state index in [1.54, 1.807) is 17.0 Å². The van der Waals surface area contributed by atoms with Crippen molar-refractivity contribution in [1.29, 1.82) is 0 Å². The van der Waals surface area contributed by atoms with Crippen LogP contribution in [0.2, 0.25) is 0 Å². The highest BCUT2D eigenvalue weighted by molar-refractivity contribution is 6.04. The number of pyridine rings is 1. The molecule has 2 aromatic carbocycles. The lowest BCUT2D eigenvalue weighted by Crippen LogP contribution is -2.26. The summed E-state index contributed by atoms with van der Waals surface area (Å²) in [6.45, 7) is 6.78. The van der Waals surface area contributed by atoms with E-state index < -0.39 is 5.92 Å². The third kappa shape index (κ3) is 4.91. The zero-order valence-electron chi connectivity index (χ0n) is 21.8. The number of hydrazone groups is 1. The molecule has 0 spiro atoms. The van der Waals surface area contributed by atoms with E-state index in [-0.39, 0.29) is 18.8 Å². The molecule has 38 heavy (non-hydrogen) atoms. The van der Waals surface area contributed by atoms with Crippen LogP contribution in [0.1, 0.15) is 41.6 Å². The SMILES string of the molecule is CCc1nc2c(C)cc(C)nc2n1Cc1ccc(-c2cc(N3CCC(F)(F)C3)ccc2/C(N)=N/NN)cc1. The maximum Gasteiger partial charge on any atom is 0.266 e. The van der Waals surface area contributed by atoms with Crippen molar-refractivity contribution in [3.05, 3.63) is 76.7 Å². The Kier molecular flexibility index (Phi) is 6.75. The van der Waals surface area contributed by atoms with Crippen molar-refractivity contribution in [2.24, 2.45) is 16.7 Å². The number of aryl methyl sites for hydroxylation is 3. The van der Waals surface area contributed by atoms with Crippen molar-refractivity contribution in [3.63, 3.8) is 0 Å². The third-order valence-electron chi connectivity index (χ3n) is 7.02. The highest BCUT2D eigenvalue weighted by Gasteiger charge is 2.38. The third-order valence-corrected chi connectivity index (χ3v) is 7.02. The molecule has 0 saturated carbocycles. The Hall–Kier alpha value is -4.05. The van der Waals surface area contributed by atoms with Crippen LogP contribution in [0.25, 0.3) is 22.3 Å². The lowest BCUT2D eigenvalue weighted by molar-refractivity contribution is 0.0257. The number of benzene rings is 2. The minimum Gasteiger partial charge on any atom is -0.382 e. The smallest absolute Gasteiger partial charge is 0.266 e. The first-order valence-electron chi connectivity index (χ1n) is 12.7. The van der Waals surface area contributed by atoms with Gasteiger partial charge >= 0.3 is 0 Å². The molecular formula is C28H32F2N8. The van der Waals surface area contributed by atoms with E-state index in [2.05, 4.69) is 47.2 Å². The Balaban J connectivity index is 1.50.